The third-order valence-electron chi connectivity index (χ3n) is 4.27. The average molecular weight is 241 g/mol. The van der Waals surface area contributed by atoms with Gasteiger partial charge in [0, 0.05) is 11.3 Å². The molecule has 1 saturated heterocycles. The van der Waals surface area contributed by atoms with Gasteiger partial charge in [0.25, 0.3) is 0 Å². The van der Waals surface area contributed by atoms with Crippen LogP contribution in [0.15, 0.2) is 0 Å². The first-order valence-electron chi connectivity index (χ1n) is 6.78. The Bertz CT molecular complexity index is 261. The monoisotopic (exact) mass is 241 g/mol. The second-order valence-corrected chi connectivity index (χ2v) is 8.23. The molecule has 2 heteroatoms. The van der Waals surface area contributed by atoms with Crippen LogP contribution in [0.4, 0.5) is 0 Å². The molecular formula is C14H27NS. The molecule has 1 spiro atoms. The van der Waals surface area contributed by atoms with Gasteiger partial charge in [-0.05, 0) is 44.4 Å². The second-order valence-electron chi connectivity index (χ2n) is 6.92. The van der Waals surface area contributed by atoms with Gasteiger partial charge in [0.05, 0.1) is 4.87 Å². The highest BCUT2D eigenvalue weighted by atomic mass is 32.2. The summed E-state index contributed by atoms with van der Waals surface area (Å²) in [4.78, 5) is 0.384. The van der Waals surface area contributed by atoms with Gasteiger partial charge in [-0.1, -0.05) is 27.2 Å². The van der Waals surface area contributed by atoms with Gasteiger partial charge in [-0.2, -0.15) is 0 Å². The van der Waals surface area contributed by atoms with Crippen LogP contribution in [0.1, 0.15) is 53.9 Å². The van der Waals surface area contributed by atoms with Crippen LogP contribution in [0.25, 0.3) is 0 Å². The third-order valence-corrected chi connectivity index (χ3v) is 6.22. The summed E-state index contributed by atoms with van der Waals surface area (Å²) in [6, 6.07) is 0. The standard InChI is InChI=1S/C14H27NS/c1-10(2)12-7-6-11(3)8-14(12)15-13(4,5)9-16-14/h10-12,15H,6-9H2,1-5H3. The van der Waals surface area contributed by atoms with Crippen LogP contribution in [0, 0.1) is 17.8 Å². The fourth-order valence-electron chi connectivity index (χ4n) is 3.60. The van der Waals surface area contributed by atoms with Gasteiger partial charge in [-0.3, -0.25) is 5.32 Å². The zero-order chi connectivity index (χ0) is 12.0. The molecule has 94 valence electrons. The molecule has 0 aromatic heterocycles. The maximum Gasteiger partial charge on any atom is 0.0683 e. The summed E-state index contributed by atoms with van der Waals surface area (Å²) in [5.41, 5.74) is 0.328. The molecule has 0 aromatic rings. The maximum absolute atomic E-state index is 3.97. The molecule has 1 N–H and O–H groups in total. The normalized spacial score (nSPS) is 43.1. The summed E-state index contributed by atoms with van der Waals surface area (Å²) in [6.45, 7) is 11.9. The zero-order valence-corrected chi connectivity index (χ0v) is 12.3. The molecule has 2 fully saturated rings. The molecule has 0 amide bonds. The zero-order valence-electron chi connectivity index (χ0n) is 11.5. The van der Waals surface area contributed by atoms with E-state index >= 15 is 0 Å². The minimum absolute atomic E-state index is 0.328. The summed E-state index contributed by atoms with van der Waals surface area (Å²) in [5.74, 6) is 3.82. The number of rotatable bonds is 1. The smallest absolute Gasteiger partial charge is 0.0683 e. The summed E-state index contributed by atoms with van der Waals surface area (Å²) in [7, 11) is 0. The lowest BCUT2D eigenvalue weighted by molar-refractivity contribution is 0.133. The molecule has 0 radical (unpaired) electrons. The summed E-state index contributed by atoms with van der Waals surface area (Å²) in [6.07, 6.45) is 4.20. The Morgan fingerprint density at radius 1 is 1.25 bits per heavy atom. The number of hydrogen-bond donors (Lipinski definition) is 1. The van der Waals surface area contributed by atoms with E-state index in [9.17, 15) is 0 Å². The van der Waals surface area contributed by atoms with E-state index in [1.54, 1.807) is 0 Å². The molecular weight excluding hydrogens is 214 g/mol. The molecule has 16 heavy (non-hydrogen) atoms. The van der Waals surface area contributed by atoms with Crippen molar-refractivity contribution in [1.82, 2.24) is 5.32 Å². The Kier molecular flexibility index (Phi) is 3.35. The summed E-state index contributed by atoms with van der Waals surface area (Å²) >= 11 is 2.20. The van der Waals surface area contributed by atoms with Crippen molar-refractivity contribution >= 4 is 11.8 Å². The van der Waals surface area contributed by atoms with Crippen molar-refractivity contribution in [2.75, 3.05) is 5.75 Å². The molecule has 2 aliphatic rings. The Morgan fingerprint density at radius 3 is 2.44 bits per heavy atom. The summed E-state index contributed by atoms with van der Waals surface area (Å²) < 4.78 is 0. The van der Waals surface area contributed by atoms with E-state index in [-0.39, 0.29) is 0 Å². The predicted molar refractivity (Wildman–Crippen MR) is 73.7 cm³/mol. The number of nitrogens with one attached hydrogen (secondary N) is 1. The topological polar surface area (TPSA) is 12.0 Å². The lowest BCUT2D eigenvalue weighted by Gasteiger charge is -2.46. The van der Waals surface area contributed by atoms with Gasteiger partial charge in [0.1, 0.15) is 0 Å². The Morgan fingerprint density at radius 2 is 1.94 bits per heavy atom. The highest BCUT2D eigenvalue weighted by Gasteiger charge is 2.51. The average Bonchev–Trinajstić information content (AvgIpc) is 2.41. The van der Waals surface area contributed by atoms with Crippen LogP contribution in [-0.2, 0) is 0 Å². The highest BCUT2D eigenvalue weighted by Crippen LogP contribution is 2.52. The molecule has 1 nitrogen and oxygen atoms in total. The molecule has 1 aliphatic heterocycles. The second kappa shape index (κ2) is 4.20. The van der Waals surface area contributed by atoms with E-state index in [2.05, 4.69) is 51.7 Å². The van der Waals surface area contributed by atoms with Crippen LogP contribution in [0.5, 0.6) is 0 Å². The van der Waals surface area contributed by atoms with E-state index < -0.39 is 0 Å². The van der Waals surface area contributed by atoms with Crippen molar-refractivity contribution in [3.8, 4) is 0 Å². The summed E-state index contributed by atoms with van der Waals surface area (Å²) in [5, 5.41) is 3.97. The van der Waals surface area contributed by atoms with Crippen molar-refractivity contribution in [1.29, 1.82) is 0 Å². The first kappa shape index (κ1) is 12.8. The van der Waals surface area contributed by atoms with Crippen LogP contribution in [0.3, 0.4) is 0 Å². The lowest BCUT2D eigenvalue weighted by Crippen LogP contribution is -2.55. The Labute approximate surface area is 105 Å². The van der Waals surface area contributed by atoms with Crippen LogP contribution in [0.2, 0.25) is 0 Å². The minimum Gasteiger partial charge on any atom is -0.297 e. The molecule has 3 unspecified atom stereocenters. The van der Waals surface area contributed by atoms with Crippen LogP contribution < -0.4 is 5.32 Å². The predicted octanol–water partition coefficient (Wildman–Crippen LogP) is 3.89. The molecule has 3 atom stereocenters. The molecule has 1 aliphatic carbocycles. The van der Waals surface area contributed by atoms with Crippen molar-refractivity contribution in [2.45, 2.75) is 64.3 Å². The Hall–Kier alpha value is 0.310. The minimum atomic E-state index is 0.328. The molecule has 0 aromatic carbocycles. The van der Waals surface area contributed by atoms with Crippen molar-refractivity contribution in [3.63, 3.8) is 0 Å². The van der Waals surface area contributed by atoms with Gasteiger partial charge in [-0.15, -0.1) is 11.8 Å². The van der Waals surface area contributed by atoms with Crippen molar-refractivity contribution in [3.05, 3.63) is 0 Å². The Balaban J connectivity index is 2.20. The first-order valence-corrected chi connectivity index (χ1v) is 7.76. The molecule has 2 rings (SSSR count). The van der Waals surface area contributed by atoms with Gasteiger partial charge in [0.15, 0.2) is 0 Å². The SMILES string of the molecule is CC1CCC(C(C)C)C2(C1)NC(C)(C)CS2. The third kappa shape index (κ3) is 2.28. The first-order chi connectivity index (χ1) is 7.35. The van der Waals surface area contributed by atoms with Crippen molar-refractivity contribution < 1.29 is 0 Å². The van der Waals surface area contributed by atoms with Gasteiger partial charge >= 0.3 is 0 Å². The van der Waals surface area contributed by atoms with Crippen molar-refractivity contribution in [2.24, 2.45) is 17.8 Å². The number of thioether (sulfide) groups is 1. The molecule has 0 bridgehead atoms. The van der Waals surface area contributed by atoms with E-state index in [4.69, 9.17) is 0 Å². The lowest BCUT2D eigenvalue weighted by atomic mass is 9.73. The van der Waals surface area contributed by atoms with E-state index in [0.717, 1.165) is 17.8 Å². The maximum atomic E-state index is 3.97. The van der Waals surface area contributed by atoms with E-state index in [0.29, 0.717) is 10.4 Å². The number of hydrogen-bond acceptors (Lipinski definition) is 2. The fraction of sp³-hybridized carbons (Fsp3) is 1.00. The molecule has 1 saturated carbocycles. The van der Waals surface area contributed by atoms with E-state index in [1.807, 2.05) is 0 Å². The van der Waals surface area contributed by atoms with Crippen LogP contribution >= 0.6 is 11.8 Å². The van der Waals surface area contributed by atoms with Gasteiger partial charge in [-0.25, -0.2) is 0 Å². The van der Waals surface area contributed by atoms with Gasteiger partial charge < -0.3 is 0 Å². The quantitative estimate of drug-likeness (QED) is 0.747. The largest absolute Gasteiger partial charge is 0.297 e. The highest BCUT2D eigenvalue weighted by molar-refractivity contribution is 8.01. The van der Waals surface area contributed by atoms with E-state index in [1.165, 1.54) is 25.0 Å². The van der Waals surface area contributed by atoms with Gasteiger partial charge in [0.2, 0.25) is 0 Å². The molecule has 1 heterocycles. The van der Waals surface area contributed by atoms with Crippen LogP contribution in [-0.4, -0.2) is 16.2 Å². The fourth-order valence-corrected chi connectivity index (χ4v) is 5.65.